The molecule has 0 spiro atoms. The third-order valence-electron chi connectivity index (χ3n) is 4.41. The van der Waals surface area contributed by atoms with E-state index in [9.17, 15) is 4.39 Å². The Balaban J connectivity index is 1.59. The van der Waals surface area contributed by atoms with Crippen molar-refractivity contribution in [2.75, 3.05) is 26.4 Å². The largest absolute Gasteiger partial charge is 0.467 e. The standard InChI is InChI=1S/C15H23FN2OS/c16-8-11-19-15-17-13-6-9-18(10-7-14(13)20-15)12-4-2-1-3-5-12/h12H,1-11H2. The lowest BCUT2D eigenvalue weighted by Crippen LogP contribution is -2.38. The van der Waals surface area contributed by atoms with Crippen LogP contribution in [-0.4, -0.2) is 42.3 Å². The summed E-state index contributed by atoms with van der Waals surface area (Å²) < 4.78 is 17.4. The van der Waals surface area contributed by atoms with Crippen LogP contribution in [0.3, 0.4) is 0 Å². The van der Waals surface area contributed by atoms with Gasteiger partial charge in [-0.15, -0.1) is 0 Å². The van der Waals surface area contributed by atoms with Crippen LogP contribution in [0.1, 0.15) is 42.7 Å². The van der Waals surface area contributed by atoms with E-state index < -0.39 is 6.67 Å². The number of fused-ring (bicyclic) bond motifs is 1. The highest BCUT2D eigenvalue weighted by atomic mass is 32.1. The Hall–Kier alpha value is -0.680. The molecule has 2 heterocycles. The second-order valence-corrected chi connectivity index (χ2v) is 6.76. The second kappa shape index (κ2) is 6.85. The predicted molar refractivity (Wildman–Crippen MR) is 79.4 cm³/mol. The maximum Gasteiger partial charge on any atom is 0.273 e. The van der Waals surface area contributed by atoms with Gasteiger partial charge in [0.1, 0.15) is 13.3 Å². The number of hydrogen-bond acceptors (Lipinski definition) is 4. The summed E-state index contributed by atoms with van der Waals surface area (Å²) in [4.78, 5) is 8.54. The van der Waals surface area contributed by atoms with Crippen molar-refractivity contribution in [1.29, 1.82) is 0 Å². The Morgan fingerprint density at radius 1 is 1.20 bits per heavy atom. The minimum absolute atomic E-state index is 0.126. The second-order valence-electron chi connectivity index (χ2n) is 5.71. The zero-order chi connectivity index (χ0) is 13.8. The molecule has 0 N–H and O–H groups in total. The first-order valence-electron chi connectivity index (χ1n) is 7.78. The van der Waals surface area contributed by atoms with Gasteiger partial charge in [-0.1, -0.05) is 30.6 Å². The van der Waals surface area contributed by atoms with Crippen LogP contribution in [0.2, 0.25) is 0 Å². The molecule has 0 unspecified atom stereocenters. The number of rotatable bonds is 4. The molecule has 2 aliphatic rings. The van der Waals surface area contributed by atoms with Crippen molar-refractivity contribution in [1.82, 2.24) is 9.88 Å². The van der Waals surface area contributed by atoms with Crippen molar-refractivity contribution < 1.29 is 9.13 Å². The fourth-order valence-electron chi connectivity index (χ4n) is 3.36. The highest BCUT2D eigenvalue weighted by Crippen LogP contribution is 2.30. The SMILES string of the molecule is FCCOc1nc2c(s1)CCN(C1CCCCC1)CC2. The Labute approximate surface area is 124 Å². The minimum atomic E-state index is -0.445. The number of thiazole rings is 1. The van der Waals surface area contributed by atoms with Crippen LogP contribution < -0.4 is 4.74 Å². The van der Waals surface area contributed by atoms with Crippen LogP contribution in [0.25, 0.3) is 0 Å². The van der Waals surface area contributed by atoms with Gasteiger partial charge in [0.05, 0.1) is 5.69 Å². The molecule has 1 aromatic rings. The summed E-state index contributed by atoms with van der Waals surface area (Å²) in [5.41, 5.74) is 1.18. The highest BCUT2D eigenvalue weighted by Gasteiger charge is 2.25. The molecule has 1 fully saturated rings. The van der Waals surface area contributed by atoms with E-state index in [-0.39, 0.29) is 6.61 Å². The summed E-state index contributed by atoms with van der Waals surface area (Å²) in [6, 6.07) is 0.792. The van der Waals surface area contributed by atoms with Gasteiger partial charge in [0.25, 0.3) is 5.19 Å². The van der Waals surface area contributed by atoms with Crippen LogP contribution in [0.15, 0.2) is 0 Å². The van der Waals surface area contributed by atoms with E-state index in [0.717, 1.165) is 32.0 Å². The first kappa shape index (κ1) is 14.3. The van der Waals surface area contributed by atoms with Crippen molar-refractivity contribution in [3.8, 4) is 5.19 Å². The van der Waals surface area contributed by atoms with Gasteiger partial charge >= 0.3 is 0 Å². The van der Waals surface area contributed by atoms with Crippen LogP contribution in [0.5, 0.6) is 5.19 Å². The molecule has 20 heavy (non-hydrogen) atoms. The highest BCUT2D eigenvalue weighted by molar-refractivity contribution is 7.13. The predicted octanol–water partition coefficient (Wildman–Crippen LogP) is 3.22. The van der Waals surface area contributed by atoms with E-state index >= 15 is 0 Å². The summed E-state index contributed by atoms with van der Waals surface area (Å²) in [7, 11) is 0. The molecule has 112 valence electrons. The van der Waals surface area contributed by atoms with Gasteiger partial charge in [-0.25, -0.2) is 9.37 Å². The van der Waals surface area contributed by atoms with Crippen molar-refractivity contribution in [3.05, 3.63) is 10.6 Å². The van der Waals surface area contributed by atoms with Gasteiger partial charge in [-0.2, -0.15) is 0 Å². The maximum absolute atomic E-state index is 12.1. The average Bonchev–Trinajstić information content (AvgIpc) is 2.78. The first-order valence-corrected chi connectivity index (χ1v) is 8.60. The zero-order valence-electron chi connectivity index (χ0n) is 11.9. The third kappa shape index (κ3) is 3.31. The number of halogens is 1. The summed E-state index contributed by atoms with van der Waals surface area (Å²) >= 11 is 1.61. The number of alkyl halides is 1. The molecule has 1 aromatic heterocycles. The van der Waals surface area contributed by atoms with Gasteiger partial charge in [0.2, 0.25) is 0 Å². The fraction of sp³-hybridized carbons (Fsp3) is 0.800. The Kier molecular flexibility index (Phi) is 4.89. The van der Waals surface area contributed by atoms with Crippen LogP contribution in [0, 0.1) is 0 Å². The van der Waals surface area contributed by atoms with Crippen LogP contribution in [0.4, 0.5) is 4.39 Å². The molecule has 0 aromatic carbocycles. The molecule has 0 saturated heterocycles. The quantitative estimate of drug-likeness (QED) is 0.853. The molecule has 0 atom stereocenters. The molecule has 0 radical (unpaired) electrons. The van der Waals surface area contributed by atoms with Gasteiger partial charge in [0.15, 0.2) is 0 Å². The number of ether oxygens (including phenoxy) is 1. The molecular weight excluding hydrogens is 275 g/mol. The van der Waals surface area contributed by atoms with E-state index in [1.54, 1.807) is 11.3 Å². The van der Waals surface area contributed by atoms with Gasteiger partial charge in [-0.3, -0.25) is 4.90 Å². The molecular formula is C15H23FN2OS. The maximum atomic E-state index is 12.1. The molecule has 0 amide bonds. The van der Waals surface area contributed by atoms with Gasteiger partial charge in [0, 0.05) is 30.4 Å². The molecule has 0 bridgehead atoms. The van der Waals surface area contributed by atoms with Crippen LogP contribution >= 0.6 is 11.3 Å². The number of nitrogens with zero attached hydrogens (tertiary/aromatic N) is 2. The molecule has 3 rings (SSSR count). The van der Waals surface area contributed by atoms with E-state index in [0.29, 0.717) is 5.19 Å². The topological polar surface area (TPSA) is 25.4 Å². The van der Waals surface area contributed by atoms with Crippen molar-refractivity contribution >= 4 is 11.3 Å². The van der Waals surface area contributed by atoms with Crippen LogP contribution in [-0.2, 0) is 12.8 Å². The normalized spacial score (nSPS) is 21.4. The van der Waals surface area contributed by atoms with E-state index in [1.165, 1.54) is 42.7 Å². The Morgan fingerprint density at radius 3 is 2.80 bits per heavy atom. The molecule has 1 aliphatic carbocycles. The van der Waals surface area contributed by atoms with Crippen molar-refractivity contribution in [3.63, 3.8) is 0 Å². The molecule has 3 nitrogen and oxygen atoms in total. The molecule has 5 heteroatoms. The summed E-state index contributed by atoms with van der Waals surface area (Å²) in [5.74, 6) is 0. The van der Waals surface area contributed by atoms with E-state index in [4.69, 9.17) is 4.74 Å². The molecule has 1 aliphatic heterocycles. The molecule has 1 saturated carbocycles. The Morgan fingerprint density at radius 2 is 2.00 bits per heavy atom. The lowest BCUT2D eigenvalue weighted by Gasteiger charge is -2.33. The van der Waals surface area contributed by atoms with Crippen molar-refractivity contribution in [2.45, 2.75) is 51.0 Å². The lowest BCUT2D eigenvalue weighted by molar-refractivity contribution is 0.163. The first-order chi connectivity index (χ1) is 9.86. The van der Waals surface area contributed by atoms with E-state index in [1.807, 2.05) is 0 Å². The third-order valence-corrected chi connectivity index (χ3v) is 5.48. The Bertz CT molecular complexity index is 406. The lowest BCUT2D eigenvalue weighted by atomic mass is 9.94. The zero-order valence-corrected chi connectivity index (χ0v) is 12.8. The number of aromatic nitrogens is 1. The summed E-state index contributed by atoms with van der Waals surface area (Å²) in [6.45, 7) is 1.94. The van der Waals surface area contributed by atoms with Gasteiger partial charge < -0.3 is 4.74 Å². The average molecular weight is 298 g/mol. The van der Waals surface area contributed by atoms with Crippen molar-refractivity contribution in [2.24, 2.45) is 0 Å². The van der Waals surface area contributed by atoms with E-state index in [2.05, 4.69) is 9.88 Å². The fourth-order valence-corrected chi connectivity index (χ4v) is 4.32. The summed E-state index contributed by atoms with van der Waals surface area (Å²) in [5, 5.41) is 0.652. The number of hydrogen-bond donors (Lipinski definition) is 0. The summed E-state index contributed by atoms with van der Waals surface area (Å²) in [6.07, 6.45) is 9.01. The van der Waals surface area contributed by atoms with Gasteiger partial charge in [-0.05, 0) is 19.3 Å². The smallest absolute Gasteiger partial charge is 0.273 e. The minimum Gasteiger partial charge on any atom is -0.467 e. The monoisotopic (exact) mass is 298 g/mol.